The molecule has 0 aromatic heterocycles. The van der Waals surface area contributed by atoms with Crippen LogP contribution in [0.25, 0.3) is 0 Å². The highest BCUT2D eigenvalue weighted by Crippen LogP contribution is 2.35. The van der Waals surface area contributed by atoms with E-state index in [1.165, 1.54) is 24.3 Å². The molecular formula is C20H15F4P. The first kappa shape index (κ1) is 17.6. The zero-order chi connectivity index (χ0) is 18.0. The predicted molar refractivity (Wildman–Crippen MR) is 94.8 cm³/mol. The van der Waals surface area contributed by atoms with Crippen molar-refractivity contribution in [2.75, 3.05) is 0 Å². The van der Waals surface area contributed by atoms with Gasteiger partial charge in [0.05, 0.1) is 5.56 Å². The van der Waals surface area contributed by atoms with E-state index in [0.29, 0.717) is 0 Å². The highest BCUT2D eigenvalue weighted by Gasteiger charge is 2.30. The van der Waals surface area contributed by atoms with Gasteiger partial charge in [0.2, 0.25) is 0 Å². The number of aryl methyl sites for hydroxylation is 1. The summed E-state index contributed by atoms with van der Waals surface area (Å²) in [6.45, 7) is 1.97. The van der Waals surface area contributed by atoms with Gasteiger partial charge in [-0.15, -0.1) is 0 Å². The maximum Gasteiger partial charge on any atom is 0.416 e. The molecule has 128 valence electrons. The van der Waals surface area contributed by atoms with E-state index < -0.39 is 19.7 Å². The molecule has 0 saturated carbocycles. The molecule has 0 aliphatic rings. The van der Waals surface area contributed by atoms with Crippen LogP contribution in [0.1, 0.15) is 11.1 Å². The molecule has 3 aromatic rings. The molecule has 0 N–H and O–H groups in total. The highest BCUT2D eigenvalue weighted by atomic mass is 31.1. The molecule has 3 aromatic carbocycles. The first-order valence-electron chi connectivity index (χ1n) is 7.64. The van der Waals surface area contributed by atoms with Gasteiger partial charge in [-0.2, -0.15) is 13.2 Å². The smallest absolute Gasteiger partial charge is 0.207 e. The Labute approximate surface area is 144 Å². The Morgan fingerprint density at radius 2 is 1.04 bits per heavy atom. The highest BCUT2D eigenvalue weighted by molar-refractivity contribution is 7.79. The fourth-order valence-corrected chi connectivity index (χ4v) is 4.77. The molecule has 1 unspecified atom stereocenters. The van der Waals surface area contributed by atoms with E-state index in [-0.39, 0.29) is 5.82 Å². The van der Waals surface area contributed by atoms with Gasteiger partial charge in [-0.25, -0.2) is 4.39 Å². The van der Waals surface area contributed by atoms with Gasteiger partial charge < -0.3 is 0 Å². The molecule has 0 heterocycles. The van der Waals surface area contributed by atoms with E-state index in [0.717, 1.165) is 33.6 Å². The van der Waals surface area contributed by atoms with Crippen LogP contribution in [-0.4, -0.2) is 0 Å². The predicted octanol–water partition coefficient (Wildman–Crippen LogP) is 4.91. The van der Waals surface area contributed by atoms with Crippen molar-refractivity contribution in [3.8, 4) is 0 Å². The third kappa shape index (κ3) is 4.08. The molecule has 0 fully saturated rings. The van der Waals surface area contributed by atoms with Crippen molar-refractivity contribution in [3.05, 3.63) is 89.7 Å². The summed E-state index contributed by atoms with van der Waals surface area (Å²) in [7, 11) is -1.05. The van der Waals surface area contributed by atoms with Crippen molar-refractivity contribution in [3.63, 3.8) is 0 Å². The number of alkyl halides is 3. The number of halogens is 4. The zero-order valence-corrected chi connectivity index (χ0v) is 14.3. The lowest BCUT2D eigenvalue weighted by Crippen LogP contribution is -2.21. The molecule has 0 saturated heterocycles. The number of hydrogen-bond donors (Lipinski definition) is 0. The maximum absolute atomic E-state index is 13.3. The van der Waals surface area contributed by atoms with E-state index in [2.05, 4.69) is 0 Å². The third-order valence-electron chi connectivity index (χ3n) is 3.83. The summed E-state index contributed by atoms with van der Waals surface area (Å²) in [6, 6.07) is 19.3. The summed E-state index contributed by atoms with van der Waals surface area (Å²) in [5, 5.41) is 2.69. The van der Waals surface area contributed by atoms with Crippen LogP contribution in [-0.2, 0) is 6.18 Å². The molecule has 0 aliphatic heterocycles. The third-order valence-corrected chi connectivity index (χ3v) is 6.27. The van der Waals surface area contributed by atoms with Crippen LogP contribution in [0.5, 0.6) is 0 Å². The van der Waals surface area contributed by atoms with Gasteiger partial charge in [0, 0.05) is 0 Å². The van der Waals surface area contributed by atoms with Crippen molar-refractivity contribution in [1.82, 2.24) is 0 Å². The number of hydrogen-bond acceptors (Lipinski definition) is 0. The lowest BCUT2D eigenvalue weighted by molar-refractivity contribution is -0.137. The minimum atomic E-state index is -4.36. The quantitative estimate of drug-likeness (QED) is 0.459. The van der Waals surface area contributed by atoms with Gasteiger partial charge in [-0.3, -0.25) is 0 Å². The summed E-state index contributed by atoms with van der Waals surface area (Å²) < 4.78 is 51.7. The number of benzene rings is 3. The molecule has 0 bridgehead atoms. The van der Waals surface area contributed by atoms with Gasteiger partial charge in [0.25, 0.3) is 0 Å². The zero-order valence-electron chi connectivity index (χ0n) is 13.4. The van der Waals surface area contributed by atoms with Crippen molar-refractivity contribution >= 4 is 23.8 Å². The second-order valence-corrected chi connectivity index (χ2v) is 7.91. The largest absolute Gasteiger partial charge is 0.416 e. The Bertz CT molecular complexity index is 789. The molecule has 0 spiro atoms. The van der Waals surface area contributed by atoms with Crippen molar-refractivity contribution in [2.24, 2.45) is 0 Å². The summed E-state index contributed by atoms with van der Waals surface area (Å²) in [5.74, 6) is -0.338. The Morgan fingerprint density at radius 3 is 1.48 bits per heavy atom. The van der Waals surface area contributed by atoms with E-state index in [1.54, 1.807) is 12.1 Å². The number of rotatable bonds is 3. The van der Waals surface area contributed by atoms with Gasteiger partial charge in [-0.05, 0) is 55.0 Å². The van der Waals surface area contributed by atoms with Crippen molar-refractivity contribution in [2.45, 2.75) is 13.1 Å². The minimum absolute atomic E-state index is 0.338. The topological polar surface area (TPSA) is 0 Å². The molecule has 1 atom stereocenters. The lowest BCUT2D eigenvalue weighted by Gasteiger charge is -2.20. The Morgan fingerprint density at radius 1 is 0.640 bits per heavy atom. The molecule has 0 aliphatic carbocycles. The van der Waals surface area contributed by atoms with Crippen LogP contribution in [0.3, 0.4) is 0 Å². The molecule has 0 radical (unpaired) electrons. The maximum atomic E-state index is 13.3. The first-order valence-corrected chi connectivity index (χ1v) is 8.98. The second-order valence-electron chi connectivity index (χ2n) is 5.69. The Hall–Kier alpha value is -2.19. The fourth-order valence-electron chi connectivity index (χ4n) is 2.53. The van der Waals surface area contributed by atoms with Gasteiger partial charge in [0.15, 0.2) is 0 Å². The van der Waals surface area contributed by atoms with Crippen LogP contribution in [0.4, 0.5) is 17.6 Å². The first-order chi connectivity index (χ1) is 11.8. The van der Waals surface area contributed by atoms with Crippen LogP contribution >= 0.6 is 7.92 Å². The SMILES string of the molecule is Cc1ccc(P(c2ccc(F)cc2)c2ccc(C(F)(F)F)cc2)cc1. The normalized spacial score (nSPS) is 12.8. The average Bonchev–Trinajstić information content (AvgIpc) is 2.58. The summed E-state index contributed by atoms with van der Waals surface area (Å²) in [6.07, 6.45) is -4.36. The van der Waals surface area contributed by atoms with E-state index in [4.69, 9.17) is 0 Å². The Kier molecular flexibility index (Phi) is 4.91. The standard InChI is InChI=1S/C20H15F4P/c1-14-2-8-17(9-3-14)25(19-12-6-16(21)7-13-19)18-10-4-15(5-11-18)20(22,23)24/h2-13H,1H3. The fraction of sp³-hybridized carbons (Fsp3) is 0.100. The van der Waals surface area contributed by atoms with E-state index in [1.807, 2.05) is 31.2 Å². The minimum Gasteiger partial charge on any atom is -0.207 e. The van der Waals surface area contributed by atoms with Crippen LogP contribution < -0.4 is 15.9 Å². The van der Waals surface area contributed by atoms with Gasteiger partial charge in [0.1, 0.15) is 5.82 Å². The molecule has 3 rings (SSSR count). The van der Waals surface area contributed by atoms with Crippen molar-refractivity contribution < 1.29 is 17.6 Å². The Balaban J connectivity index is 2.07. The van der Waals surface area contributed by atoms with E-state index in [9.17, 15) is 17.6 Å². The lowest BCUT2D eigenvalue weighted by atomic mass is 10.2. The monoisotopic (exact) mass is 362 g/mol. The molecular weight excluding hydrogens is 347 g/mol. The molecule has 5 heteroatoms. The molecule has 0 amide bonds. The van der Waals surface area contributed by atoms with Crippen molar-refractivity contribution in [1.29, 1.82) is 0 Å². The van der Waals surface area contributed by atoms with E-state index >= 15 is 0 Å². The van der Waals surface area contributed by atoms with Gasteiger partial charge in [-0.1, -0.05) is 54.1 Å². The molecule has 0 nitrogen and oxygen atoms in total. The van der Waals surface area contributed by atoms with Crippen LogP contribution in [0, 0.1) is 12.7 Å². The summed E-state index contributed by atoms with van der Waals surface area (Å²) in [5.41, 5.74) is 0.430. The molecule has 25 heavy (non-hydrogen) atoms. The average molecular weight is 362 g/mol. The summed E-state index contributed by atoms with van der Waals surface area (Å²) in [4.78, 5) is 0. The van der Waals surface area contributed by atoms with Gasteiger partial charge >= 0.3 is 6.18 Å². The van der Waals surface area contributed by atoms with Crippen LogP contribution in [0.2, 0.25) is 0 Å². The second kappa shape index (κ2) is 6.97. The van der Waals surface area contributed by atoms with Crippen LogP contribution in [0.15, 0.2) is 72.8 Å². The summed E-state index contributed by atoms with van der Waals surface area (Å²) >= 11 is 0.